The van der Waals surface area contributed by atoms with Crippen LogP contribution in [0.3, 0.4) is 0 Å². The molecule has 0 aromatic heterocycles. The first-order valence-electron chi connectivity index (χ1n) is 8.54. The lowest BCUT2D eigenvalue weighted by Crippen LogP contribution is -2.35. The van der Waals surface area contributed by atoms with Crippen LogP contribution < -0.4 is 15.4 Å². The molecule has 154 valence electrons. The molecule has 9 heteroatoms. The standard InChI is InChI=1S/C21H14ClF3N2O3/c1-11-5-8-18(13(22)9-11)30-12-6-7-17(16(25)10-12)26-21(29)27-20(28)19-14(23)3-2-4-15(19)24/h2-10H,1H3,(H2,26,27,28,29). The largest absolute Gasteiger partial charge is 0.456 e. The number of imide groups is 1. The van der Waals surface area contributed by atoms with E-state index in [1.54, 1.807) is 23.5 Å². The third-order valence-electron chi connectivity index (χ3n) is 3.92. The van der Waals surface area contributed by atoms with Crippen molar-refractivity contribution in [2.45, 2.75) is 6.92 Å². The molecule has 2 N–H and O–H groups in total. The topological polar surface area (TPSA) is 67.4 Å². The molecule has 5 nitrogen and oxygen atoms in total. The van der Waals surface area contributed by atoms with Crippen LogP contribution in [0.1, 0.15) is 15.9 Å². The van der Waals surface area contributed by atoms with Crippen molar-refractivity contribution in [3.8, 4) is 11.5 Å². The van der Waals surface area contributed by atoms with Gasteiger partial charge in [-0.2, -0.15) is 0 Å². The Kier molecular flexibility index (Phi) is 6.27. The lowest BCUT2D eigenvalue weighted by atomic mass is 10.2. The quantitative estimate of drug-likeness (QED) is 0.543. The highest BCUT2D eigenvalue weighted by Crippen LogP contribution is 2.31. The molecule has 0 bridgehead atoms. The lowest BCUT2D eigenvalue weighted by Gasteiger charge is -2.11. The highest BCUT2D eigenvalue weighted by Gasteiger charge is 2.20. The van der Waals surface area contributed by atoms with Crippen molar-refractivity contribution in [2.75, 3.05) is 5.32 Å². The molecular weight excluding hydrogens is 421 g/mol. The van der Waals surface area contributed by atoms with Crippen molar-refractivity contribution in [2.24, 2.45) is 0 Å². The van der Waals surface area contributed by atoms with Gasteiger partial charge in [-0.3, -0.25) is 10.1 Å². The van der Waals surface area contributed by atoms with E-state index in [9.17, 15) is 22.8 Å². The molecule has 0 fully saturated rings. The van der Waals surface area contributed by atoms with Gasteiger partial charge in [-0.1, -0.05) is 23.7 Å². The molecule has 0 saturated heterocycles. The fraction of sp³-hybridized carbons (Fsp3) is 0.0476. The summed E-state index contributed by atoms with van der Waals surface area (Å²) in [5, 5.41) is 4.17. The Labute approximate surface area is 174 Å². The van der Waals surface area contributed by atoms with E-state index in [0.29, 0.717) is 10.8 Å². The molecule has 30 heavy (non-hydrogen) atoms. The maximum absolute atomic E-state index is 14.3. The zero-order chi connectivity index (χ0) is 21.8. The van der Waals surface area contributed by atoms with Gasteiger partial charge in [-0.25, -0.2) is 18.0 Å². The summed E-state index contributed by atoms with van der Waals surface area (Å²) < 4.78 is 47.0. The lowest BCUT2D eigenvalue weighted by molar-refractivity contribution is 0.0959. The highest BCUT2D eigenvalue weighted by molar-refractivity contribution is 6.32. The Morgan fingerprint density at radius 3 is 2.27 bits per heavy atom. The number of nitrogens with one attached hydrogen (secondary N) is 2. The van der Waals surface area contributed by atoms with Crippen molar-refractivity contribution < 1.29 is 27.5 Å². The molecule has 0 spiro atoms. The number of ether oxygens (including phenoxy) is 1. The Hall–Kier alpha value is -3.52. The van der Waals surface area contributed by atoms with Gasteiger partial charge >= 0.3 is 6.03 Å². The summed E-state index contributed by atoms with van der Waals surface area (Å²) in [5.41, 5.74) is -0.280. The minimum atomic E-state index is -1.31. The average molecular weight is 435 g/mol. The van der Waals surface area contributed by atoms with E-state index < -0.39 is 35.0 Å². The summed E-state index contributed by atoms with van der Waals surface area (Å²) >= 11 is 6.07. The molecule has 0 radical (unpaired) electrons. The van der Waals surface area contributed by atoms with Crippen molar-refractivity contribution in [3.63, 3.8) is 0 Å². The summed E-state index contributed by atoms with van der Waals surface area (Å²) in [6.45, 7) is 1.85. The van der Waals surface area contributed by atoms with Crippen LogP contribution in [0.25, 0.3) is 0 Å². The third kappa shape index (κ3) is 4.90. The molecule has 0 heterocycles. The molecule has 3 aromatic rings. The summed E-state index contributed by atoms with van der Waals surface area (Å²) in [4.78, 5) is 23.8. The molecule has 3 rings (SSSR count). The van der Waals surface area contributed by atoms with Crippen molar-refractivity contribution in [1.82, 2.24) is 5.32 Å². The van der Waals surface area contributed by atoms with Crippen LogP contribution in [0, 0.1) is 24.4 Å². The predicted octanol–water partition coefficient (Wildman–Crippen LogP) is 5.82. The van der Waals surface area contributed by atoms with Gasteiger partial charge in [0.1, 0.15) is 34.5 Å². The van der Waals surface area contributed by atoms with Crippen LogP contribution >= 0.6 is 11.6 Å². The second-order valence-corrected chi connectivity index (χ2v) is 6.59. The third-order valence-corrected chi connectivity index (χ3v) is 4.22. The van der Waals surface area contributed by atoms with Crippen molar-refractivity contribution in [3.05, 3.63) is 88.2 Å². The molecule has 0 aliphatic heterocycles. The second kappa shape index (κ2) is 8.87. The minimum Gasteiger partial charge on any atom is -0.456 e. The number of amides is 3. The number of aryl methyl sites for hydroxylation is 1. The highest BCUT2D eigenvalue weighted by atomic mass is 35.5. The maximum Gasteiger partial charge on any atom is 0.326 e. The van der Waals surface area contributed by atoms with Crippen molar-refractivity contribution in [1.29, 1.82) is 0 Å². The molecule has 0 aliphatic rings. The zero-order valence-electron chi connectivity index (χ0n) is 15.4. The predicted molar refractivity (Wildman–Crippen MR) is 106 cm³/mol. The Morgan fingerprint density at radius 2 is 1.63 bits per heavy atom. The van der Waals surface area contributed by atoms with Gasteiger partial charge < -0.3 is 10.1 Å². The van der Waals surface area contributed by atoms with Gasteiger partial charge in [0.15, 0.2) is 0 Å². The summed E-state index contributed by atoms with van der Waals surface area (Å²) in [6.07, 6.45) is 0. The Morgan fingerprint density at radius 1 is 0.933 bits per heavy atom. The average Bonchev–Trinajstić information content (AvgIpc) is 2.66. The molecule has 0 atom stereocenters. The number of rotatable bonds is 4. The summed E-state index contributed by atoms with van der Waals surface area (Å²) in [7, 11) is 0. The molecule has 3 aromatic carbocycles. The van der Waals surface area contributed by atoms with Gasteiger partial charge in [-0.15, -0.1) is 0 Å². The number of anilines is 1. The monoisotopic (exact) mass is 434 g/mol. The van der Waals surface area contributed by atoms with Gasteiger partial charge in [0, 0.05) is 6.07 Å². The van der Waals surface area contributed by atoms with Gasteiger partial charge in [0.05, 0.1) is 10.7 Å². The molecule has 0 saturated carbocycles. The number of benzene rings is 3. The van der Waals surface area contributed by atoms with Crippen LogP contribution in [0.5, 0.6) is 11.5 Å². The van der Waals surface area contributed by atoms with Crippen LogP contribution in [0.15, 0.2) is 54.6 Å². The smallest absolute Gasteiger partial charge is 0.326 e. The number of halogens is 4. The number of carbonyl (C=O) groups is 2. The Bertz CT molecular complexity index is 1120. The van der Waals surface area contributed by atoms with E-state index in [1.807, 2.05) is 6.92 Å². The fourth-order valence-corrected chi connectivity index (χ4v) is 2.78. The zero-order valence-corrected chi connectivity index (χ0v) is 16.2. The molecule has 3 amide bonds. The van der Waals surface area contributed by atoms with E-state index in [1.165, 1.54) is 12.1 Å². The maximum atomic E-state index is 14.3. The van der Waals surface area contributed by atoms with E-state index in [-0.39, 0.29) is 11.4 Å². The SMILES string of the molecule is Cc1ccc(Oc2ccc(NC(=O)NC(=O)c3c(F)cccc3F)c(F)c2)c(Cl)c1. The fourth-order valence-electron chi connectivity index (χ4n) is 2.51. The molecule has 0 unspecified atom stereocenters. The van der Waals surface area contributed by atoms with E-state index >= 15 is 0 Å². The second-order valence-electron chi connectivity index (χ2n) is 6.18. The van der Waals surface area contributed by atoms with Gasteiger partial charge in [-0.05, 0) is 48.9 Å². The molecule has 0 aliphatic carbocycles. The first-order chi connectivity index (χ1) is 14.2. The number of urea groups is 1. The summed E-state index contributed by atoms with van der Waals surface area (Å²) in [6, 6.07) is 10.3. The van der Waals surface area contributed by atoms with Gasteiger partial charge in [0.2, 0.25) is 0 Å². The van der Waals surface area contributed by atoms with Crippen LogP contribution in [0.2, 0.25) is 5.02 Å². The van der Waals surface area contributed by atoms with E-state index in [0.717, 1.165) is 29.8 Å². The van der Waals surface area contributed by atoms with E-state index in [2.05, 4.69) is 5.32 Å². The van der Waals surface area contributed by atoms with Gasteiger partial charge in [0.25, 0.3) is 5.91 Å². The van der Waals surface area contributed by atoms with Crippen LogP contribution in [-0.2, 0) is 0 Å². The van der Waals surface area contributed by atoms with Crippen LogP contribution in [0.4, 0.5) is 23.7 Å². The first kappa shape index (κ1) is 21.2. The first-order valence-corrected chi connectivity index (χ1v) is 8.92. The normalized spacial score (nSPS) is 10.4. The Balaban J connectivity index is 1.68. The van der Waals surface area contributed by atoms with Crippen molar-refractivity contribution >= 4 is 29.2 Å². The number of carbonyl (C=O) groups excluding carboxylic acids is 2. The number of hydrogen-bond donors (Lipinski definition) is 2. The minimum absolute atomic E-state index is 0.119. The molecular formula is C21H14ClF3N2O3. The summed E-state index contributed by atoms with van der Waals surface area (Å²) in [5.74, 6) is -4.01. The van der Waals surface area contributed by atoms with E-state index in [4.69, 9.17) is 16.3 Å². The van der Waals surface area contributed by atoms with Crippen LogP contribution in [-0.4, -0.2) is 11.9 Å². The number of hydrogen-bond acceptors (Lipinski definition) is 3.